The van der Waals surface area contributed by atoms with E-state index in [-0.39, 0.29) is 11.9 Å². The molecule has 1 aliphatic heterocycles. The lowest BCUT2D eigenvalue weighted by atomic mass is 10.1. The fourth-order valence-corrected chi connectivity index (χ4v) is 3.22. The summed E-state index contributed by atoms with van der Waals surface area (Å²) >= 11 is 4.86. The molecule has 4 nitrogen and oxygen atoms in total. The van der Waals surface area contributed by atoms with Crippen molar-refractivity contribution >= 4 is 39.3 Å². The molecular weight excluding hydrogens is 328 g/mol. The lowest BCUT2D eigenvalue weighted by molar-refractivity contribution is -0.119. The fourth-order valence-electron chi connectivity index (χ4n) is 1.89. The van der Waals surface area contributed by atoms with Gasteiger partial charge in [0, 0.05) is 34.3 Å². The van der Waals surface area contributed by atoms with Gasteiger partial charge in [0.05, 0.1) is 5.75 Å². The smallest absolute Gasteiger partial charge is 0.230 e. The lowest BCUT2D eigenvalue weighted by Gasteiger charge is -2.23. The molecule has 0 bridgehead atoms. The van der Waals surface area contributed by atoms with Crippen LogP contribution in [0.1, 0.15) is 12.8 Å². The van der Waals surface area contributed by atoms with Crippen LogP contribution in [0.25, 0.3) is 0 Å². The Kier molecular flexibility index (Phi) is 5.54. The van der Waals surface area contributed by atoms with Gasteiger partial charge in [-0.25, -0.2) is 0 Å². The highest BCUT2D eigenvalue weighted by Gasteiger charge is 2.16. The largest absolute Gasteiger partial charge is 0.398 e. The first-order valence-electron chi connectivity index (χ1n) is 6.20. The van der Waals surface area contributed by atoms with E-state index in [1.165, 1.54) is 11.8 Å². The third-order valence-corrected chi connectivity index (χ3v) is 4.49. The van der Waals surface area contributed by atoms with E-state index in [9.17, 15) is 4.79 Å². The maximum Gasteiger partial charge on any atom is 0.230 e. The quantitative estimate of drug-likeness (QED) is 0.650. The molecule has 0 saturated carbocycles. The van der Waals surface area contributed by atoms with Crippen LogP contribution in [0, 0.1) is 0 Å². The molecule has 0 radical (unpaired) electrons. The molecule has 1 aromatic rings. The van der Waals surface area contributed by atoms with Gasteiger partial charge in [-0.15, -0.1) is 11.8 Å². The van der Waals surface area contributed by atoms with Crippen LogP contribution in [0.4, 0.5) is 5.69 Å². The van der Waals surface area contributed by atoms with E-state index in [4.69, 9.17) is 10.5 Å². The average Bonchev–Trinajstić information content (AvgIpc) is 2.41. The highest BCUT2D eigenvalue weighted by atomic mass is 79.9. The third kappa shape index (κ3) is 4.71. The van der Waals surface area contributed by atoms with Crippen molar-refractivity contribution in [2.45, 2.75) is 23.8 Å². The van der Waals surface area contributed by atoms with Crippen LogP contribution in [0.3, 0.4) is 0 Å². The Balaban J connectivity index is 1.81. The predicted molar refractivity (Wildman–Crippen MR) is 81.3 cm³/mol. The molecule has 0 atom stereocenters. The summed E-state index contributed by atoms with van der Waals surface area (Å²) < 4.78 is 6.23. The summed E-state index contributed by atoms with van der Waals surface area (Å²) in [5, 5.41) is 3.03. The van der Waals surface area contributed by atoms with Gasteiger partial charge in [0.25, 0.3) is 0 Å². The summed E-state index contributed by atoms with van der Waals surface area (Å²) in [6.45, 7) is 1.47. The van der Waals surface area contributed by atoms with Crippen LogP contribution in [0.15, 0.2) is 27.6 Å². The van der Waals surface area contributed by atoms with Crippen LogP contribution in [0.2, 0.25) is 0 Å². The van der Waals surface area contributed by atoms with Gasteiger partial charge in [0.15, 0.2) is 0 Å². The van der Waals surface area contributed by atoms with Crippen molar-refractivity contribution in [1.82, 2.24) is 5.32 Å². The van der Waals surface area contributed by atoms with E-state index in [0.29, 0.717) is 11.4 Å². The summed E-state index contributed by atoms with van der Waals surface area (Å²) in [5.74, 6) is 0.439. The summed E-state index contributed by atoms with van der Waals surface area (Å²) in [7, 11) is 0. The highest BCUT2D eigenvalue weighted by molar-refractivity contribution is 9.10. The minimum absolute atomic E-state index is 0.0521. The number of carbonyl (C=O) groups excluding carboxylic acids is 1. The van der Waals surface area contributed by atoms with Crippen molar-refractivity contribution in [3.63, 3.8) is 0 Å². The van der Waals surface area contributed by atoms with E-state index in [0.717, 1.165) is 35.4 Å². The van der Waals surface area contributed by atoms with Gasteiger partial charge in [-0.3, -0.25) is 4.79 Å². The van der Waals surface area contributed by atoms with Gasteiger partial charge >= 0.3 is 0 Å². The molecule has 104 valence electrons. The number of nitrogens with one attached hydrogen (secondary N) is 1. The number of nitrogens with two attached hydrogens (primary N) is 1. The standard InChI is InChI=1S/C13H17BrN2O2S/c14-9-1-2-11(15)12(7-9)19-8-13(17)16-10-3-5-18-6-4-10/h1-2,7,10H,3-6,8,15H2,(H,16,17). The molecular formula is C13H17BrN2O2S. The molecule has 2 rings (SSSR count). The maximum absolute atomic E-state index is 11.9. The Labute approximate surface area is 125 Å². The van der Waals surface area contributed by atoms with E-state index in [2.05, 4.69) is 21.2 Å². The van der Waals surface area contributed by atoms with E-state index >= 15 is 0 Å². The van der Waals surface area contributed by atoms with Gasteiger partial charge in [-0.05, 0) is 31.0 Å². The third-order valence-electron chi connectivity index (χ3n) is 2.92. The van der Waals surface area contributed by atoms with Gasteiger partial charge in [-0.2, -0.15) is 0 Å². The first-order chi connectivity index (χ1) is 9.15. The van der Waals surface area contributed by atoms with E-state index in [1.54, 1.807) is 0 Å². The summed E-state index contributed by atoms with van der Waals surface area (Å²) in [4.78, 5) is 12.8. The van der Waals surface area contributed by atoms with Gasteiger partial charge in [0.1, 0.15) is 0 Å². The van der Waals surface area contributed by atoms with E-state index in [1.807, 2.05) is 18.2 Å². The molecule has 1 fully saturated rings. The number of amides is 1. The normalized spacial score (nSPS) is 16.3. The average molecular weight is 345 g/mol. The first kappa shape index (κ1) is 14.7. The van der Waals surface area contributed by atoms with Crippen molar-refractivity contribution in [3.05, 3.63) is 22.7 Å². The molecule has 19 heavy (non-hydrogen) atoms. The lowest BCUT2D eigenvalue weighted by Crippen LogP contribution is -2.39. The molecule has 1 saturated heterocycles. The molecule has 1 heterocycles. The highest BCUT2D eigenvalue weighted by Crippen LogP contribution is 2.28. The number of halogens is 1. The van der Waals surface area contributed by atoms with Crippen molar-refractivity contribution in [2.75, 3.05) is 24.7 Å². The number of thioether (sulfide) groups is 1. The van der Waals surface area contributed by atoms with Crippen LogP contribution in [-0.2, 0) is 9.53 Å². The summed E-state index contributed by atoms with van der Waals surface area (Å²) in [5.41, 5.74) is 6.57. The Hall–Kier alpha value is -0.720. The SMILES string of the molecule is Nc1ccc(Br)cc1SCC(=O)NC1CCOCC1. The zero-order valence-corrected chi connectivity index (χ0v) is 12.9. The number of rotatable bonds is 4. The Morgan fingerprint density at radius 1 is 1.47 bits per heavy atom. The number of carbonyl (C=O) groups is 1. The Morgan fingerprint density at radius 2 is 2.21 bits per heavy atom. The minimum Gasteiger partial charge on any atom is -0.398 e. The molecule has 1 aliphatic rings. The number of hydrogen-bond donors (Lipinski definition) is 2. The first-order valence-corrected chi connectivity index (χ1v) is 7.98. The monoisotopic (exact) mass is 344 g/mol. The second kappa shape index (κ2) is 7.17. The molecule has 0 spiro atoms. The zero-order valence-electron chi connectivity index (χ0n) is 10.5. The van der Waals surface area contributed by atoms with E-state index < -0.39 is 0 Å². The number of hydrogen-bond acceptors (Lipinski definition) is 4. The van der Waals surface area contributed by atoms with Gasteiger partial charge in [0.2, 0.25) is 5.91 Å². The maximum atomic E-state index is 11.9. The van der Waals surface area contributed by atoms with Crippen molar-refractivity contribution in [1.29, 1.82) is 0 Å². The molecule has 0 aliphatic carbocycles. The number of benzene rings is 1. The van der Waals surface area contributed by atoms with Gasteiger partial charge in [-0.1, -0.05) is 15.9 Å². The van der Waals surface area contributed by atoms with Crippen LogP contribution in [-0.4, -0.2) is 30.9 Å². The van der Waals surface area contributed by atoms with Crippen molar-refractivity contribution in [3.8, 4) is 0 Å². The van der Waals surface area contributed by atoms with Crippen LogP contribution >= 0.6 is 27.7 Å². The number of ether oxygens (including phenoxy) is 1. The second-order valence-corrected chi connectivity index (χ2v) is 6.36. The fraction of sp³-hybridized carbons (Fsp3) is 0.462. The molecule has 6 heteroatoms. The molecule has 3 N–H and O–H groups in total. The summed E-state index contributed by atoms with van der Waals surface area (Å²) in [6, 6.07) is 5.91. The summed E-state index contributed by atoms with van der Waals surface area (Å²) in [6.07, 6.45) is 1.80. The zero-order chi connectivity index (χ0) is 13.7. The molecule has 1 aromatic carbocycles. The Bertz CT molecular complexity index is 450. The number of nitrogen functional groups attached to an aromatic ring is 1. The van der Waals surface area contributed by atoms with Gasteiger partial charge < -0.3 is 15.8 Å². The molecule has 0 aromatic heterocycles. The topological polar surface area (TPSA) is 64.4 Å². The number of anilines is 1. The van der Waals surface area contributed by atoms with Crippen LogP contribution < -0.4 is 11.1 Å². The second-order valence-electron chi connectivity index (χ2n) is 4.42. The van der Waals surface area contributed by atoms with Crippen LogP contribution in [0.5, 0.6) is 0 Å². The molecule has 0 unspecified atom stereocenters. The van der Waals surface area contributed by atoms with Crippen molar-refractivity contribution < 1.29 is 9.53 Å². The predicted octanol–water partition coefficient (Wildman–Crippen LogP) is 2.42. The Morgan fingerprint density at radius 3 is 2.95 bits per heavy atom. The van der Waals surface area contributed by atoms with Crippen molar-refractivity contribution in [2.24, 2.45) is 0 Å². The molecule has 1 amide bonds. The minimum atomic E-state index is 0.0521.